The van der Waals surface area contributed by atoms with Crippen molar-refractivity contribution in [2.24, 2.45) is 5.92 Å². The van der Waals surface area contributed by atoms with Gasteiger partial charge in [-0.2, -0.15) is 0 Å². The van der Waals surface area contributed by atoms with Crippen LogP contribution in [-0.2, 0) is 18.4 Å². The SMILES string of the molecule is CCCCCCCCCCCCCCCCCCC(COP(=O)(O)OCCNC)CC(C)=O. The monoisotopic (exact) mass is 491 g/mol. The summed E-state index contributed by atoms with van der Waals surface area (Å²) in [6.07, 6.45) is 22.5. The van der Waals surface area contributed by atoms with Crippen molar-refractivity contribution in [1.29, 1.82) is 0 Å². The number of likely N-dealkylation sites (N-methyl/N-ethyl adjacent to an activating group) is 1. The molecule has 0 saturated heterocycles. The summed E-state index contributed by atoms with van der Waals surface area (Å²) < 4.78 is 21.9. The van der Waals surface area contributed by atoms with Crippen molar-refractivity contribution < 1.29 is 23.3 Å². The molecular formula is C26H54NO5P. The largest absolute Gasteiger partial charge is 0.472 e. The lowest BCUT2D eigenvalue weighted by molar-refractivity contribution is -0.118. The van der Waals surface area contributed by atoms with Gasteiger partial charge >= 0.3 is 7.82 Å². The molecule has 0 saturated carbocycles. The van der Waals surface area contributed by atoms with E-state index in [1.807, 2.05) is 0 Å². The zero-order valence-electron chi connectivity index (χ0n) is 22.0. The lowest BCUT2D eigenvalue weighted by atomic mass is 9.96. The highest BCUT2D eigenvalue weighted by Crippen LogP contribution is 2.43. The van der Waals surface area contributed by atoms with Crippen molar-refractivity contribution >= 4 is 13.6 Å². The van der Waals surface area contributed by atoms with E-state index in [0.717, 1.165) is 19.3 Å². The molecule has 2 N–H and O–H groups in total. The van der Waals surface area contributed by atoms with Gasteiger partial charge in [-0.1, -0.05) is 110 Å². The number of hydrogen-bond donors (Lipinski definition) is 2. The summed E-state index contributed by atoms with van der Waals surface area (Å²) in [7, 11) is -2.30. The molecule has 2 unspecified atom stereocenters. The number of phosphoric acid groups is 1. The quantitative estimate of drug-likeness (QED) is 0.0958. The van der Waals surface area contributed by atoms with Crippen LogP contribution in [0, 0.1) is 5.92 Å². The Hall–Kier alpha value is -0.260. The minimum Gasteiger partial charge on any atom is -0.317 e. The van der Waals surface area contributed by atoms with Gasteiger partial charge in [0.15, 0.2) is 0 Å². The van der Waals surface area contributed by atoms with Crippen LogP contribution in [-0.4, -0.2) is 37.5 Å². The van der Waals surface area contributed by atoms with Crippen molar-refractivity contribution in [3.05, 3.63) is 0 Å². The molecule has 0 aromatic rings. The first kappa shape index (κ1) is 32.7. The van der Waals surface area contributed by atoms with Crippen LogP contribution in [0.5, 0.6) is 0 Å². The molecule has 0 fully saturated rings. The summed E-state index contributed by atoms with van der Waals surface area (Å²) in [5, 5.41) is 2.85. The third-order valence-corrected chi connectivity index (χ3v) is 7.11. The van der Waals surface area contributed by atoms with Gasteiger partial charge in [0.2, 0.25) is 0 Å². The zero-order chi connectivity index (χ0) is 24.6. The number of ketones is 1. The minimum absolute atomic E-state index is 0.0254. The first-order chi connectivity index (χ1) is 15.9. The van der Waals surface area contributed by atoms with Crippen molar-refractivity contribution in [3.8, 4) is 0 Å². The zero-order valence-corrected chi connectivity index (χ0v) is 22.8. The van der Waals surface area contributed by atoms with E-state index < -0.39 is 7.82 Å². The number of unbranched alkanes of at least 4 members (excludes halogenated alkanes) is 15. The van der Waals surface area contributed by atoms with E-state index in [1.54, 1.807) is 14.0 Å². The molecule has 7 heteroatoms. The van der Waals surface area contributed by atoms with Crippen LogP contribution < -0.4 is 5.32 Å². The number of hydrogen-bond acceptors (Lipinski definition) is 5. The standard InChI is InChI=1S/C26H54NO5P/c1-4-5-6-7-8-9-10-11-12-13-14-15-16-17-18-19-20-26(23-25(2)28)24-32-33(29,30)31-22-21-27-3/h26-27H,4-24H2,1-3H3,(H,29,30). The molecule has 0 heterocycles. The topological polar surface area (TPSA) is 84.9 Å². The van der Waals surface area contributed by atoms with Gasteiger partial charge in [0.1, 0.15) is 5.78 Å². The Kier molecular flexibility index (Phi) is 23.3. The second-order valence-electron chi connectivity index (χ2n) is 9.57. The highest BCUT2D eigenvalue weighted by Gasteiger charge is 2.23. The Labute approximate surface area is 204 Å². The normalized spacial score (nSPS) is 14.3. The van der Waals surface area contributed by atoms with E-state index >= 15 is 0 Å². The predicted octanol–water partition coefficient (Wildman–Crippen LogP) is 7.59. The number of nitrogens with one attached hydrogen (secondary N) is 1. The van der Waals surface area contributed by atoms with Crippen LogP contribution in [0.3, 0.4) is 0 Å². The van der Waals surface area contributed by atoms with E-state index in [2.05, 4.69) is 12.2 Å². The van der Waals surface area contributed by atoms with E-state index in [4.69, 9.17) is 9.05 Å². The molecule has 198 valence electrons. The number of phosphoric ester groups is 1. The van der Waals surface area contributed by atoms with Crippen LogP contribution in [0.4, 0.5) is 0 Å². The fourth-order valence-corrected chi connectivity index (χ4v) is 4.93. The van der Waals surface area contributed by atoms with Gasteiger partial charge in [-0.15, -0.1) is 0 Å². The first-order valence-corrected chi connectivity index (χ1v) is 15.2. The Morgan fingerprint density at radius 1 is 0.818 bits per heavy atom. The van der Waals surface area contributed by atoms with Gasteiger partial charge in [-0.3, -0.25) is 9.05 Å². The number of carbonyl (C=O) groups excluding carboxylic acids is 1. The second kappa shape index (κ2) is 23.5. The van der Waals surface area contributed by atoms with E-state index in [0.29, 0.717) is 13.0 Å². The van der Waals surface area contributed by atoms with Crippen LogP contribution in [0.25, 0.3) is 0 Å². The van der Waals surface area contributed by atoms with Gasteiger partial charge in [0, 0.05) is 13.0 Å². The fraction of sp³-hybridized carbons (Fsp3) is 0.962. The Morgan fingerprint density at radius 3 is 1.70 bits per heavy atom. The minimum atomic E-state index is -4.05. The predicted molar refractivity (Wildman–Crippen MR) is 139 cm³/mol. The summed E-state index contributed by atoms with van der Waals surface area (Å²) in [5.41, 5.74) is 0. The van der Waals surface area contributed by atoms with Crippen LogP contribution in [0.15, 0.2) is 0 Å². The van der Waals surface area contributed by atoms with Crippen molar-refractivity contribution in [2.75, 3.05) is 26.8 Å². The Morgan fingerprint density at radius 2 is 1.27 bits per heavy atom. The van der Waals surface area contributed by atoms with Crippen molar-refractivity contribution in [1.82, 2.24) is 5.32 Å². The maximum absolute atomic E-state index is 11.9. The molecule has 2 atom stereocenters. The Bertz CT molecular complexity index is 489. The average Bonchev–Trinajstić information content (AvgIpc) is 2.77. The molecule has 0 aromatic carbocycles. The van der Waals surface area contributed by atoms with Gasteiger partial charge < -0.3 is 15.0 Å². The third kappa shape index (κ3) is 24.7. The first-order valence-electron chi connectivity index (χ1n) is 13.7. The summed E-state index contributed by atoms with van der Waals surface area (Å²) in [4.78, 5) is 21.3. The van der Waals surface area contributed by atoms with Gasteiger partial charge in [-0.25, -0.2) is 4.57 Å². The number of Topliss-reactive ketones (excluding diaryl/α,β-unsaturated/α-hetero) is 1. The van der Waals surface area contributed by atoms with E-state index in [9.17, 15) is 14.3 Å². The molecule has 0 amide bonds. The van der Waals surface area contributed by atoms with Crippen LogP contribution >= 0.6 is 7.82 Å². The highest BCUT2D eigenvalue weighted by molar-refractivity contribution is 7.47. The summed E-state index contributed by atoms with van der Waals surface area (Å²) in [6.45, 7) is 4.51. The molecule has 33 heavy (non-hydrogen) atoms. The van der Waals surface area contributed by atoms with Gasteiger partial charge in [-0.05, 0) is 26.3 Å². The second-order valence-corrected chi connectivity index (χ2v) is 11.0. The highest BCUT2D eigenvalue weighted by atomic mass is 31.2. The maximum atomic E-state index is 11.9. The van der Waals surface area contributed by atoms with E-state index in [-0.39, 0.29) is 24.9 Å². The van der Waals surface area contributed by atoms with Gasteiger partial charge in [0.25, 0.3) is 0 Å². The van der Waals surface area contributed by atoms with Gasteiger partial charge in [0.05, 0.1) is 13.2 Å². The lowest BCUT2D eigenvalue weighted by Gasteiger charge is -2.18. The fourth-order valence-electron chi connectivity index (χ4n) is 4.13. The lowest BCUT2D eigenvalue weighted by Crippen LogP contribution is -2.16. The van der Waals surface area contributed by atoms with Crippen molar-refractivity contribution in [2.45, 2.75) is 129 Å². The van der Waals surface area contributed by atoms with Crippen molar-refractivity contribution in [3.63, 3.8) is 0 Å². The molecule has 0 aliphatic rings. The molecule has 0 radical (unpaired) electrons. The van der Waals surface area contributed by atoms with Crippen LogP contribution in [0.1, 0.15) is 129 Å². The molecule has 0 aliphatic carbocycles. The maximum Gasteiger partial charge on any atom is 0.472 e. The molecular weight excluding hydrogens is 437 g/mol. The molecule has 0 spiro atoms. The Balaban J connectivity index is 3.67. The average molecular weight is 492 g/mol. The van der Waals surface area contributed by atoms with E-state index in [1.165, 1.54) is 89.9 Å². The third-order valence-electron chi connectivity index (χ3n) is 6.12. The summed E-state index contributed by atoms with van der Waals surface area (Å²) in [5.74, 6) is 0.0616. The molecule has 6 nitrogen and oxygen atoms in total. The molecule has 0 aliphatic heterocycles. The summed E-state index contributed by atoms with van der Waals surface area (Å²) in [6, 6.07) is 0. The molecule has 0 aromatic heterocycles. The smallest absolute Gasteiger partial charge is 0.317 e. The summed E-state index contributed by atoms with van der Waals surface area (Å²) >= 11 is 0. The molecule has 0 bridgehead atoms. The molecule has 0 rings (SSSR count). The number of carbonyl (C=O) groups is 1. The number of rotatable bonds is 26. The van der Waals surface area contributed by atoms with Crippen LogP contribution in [0.2, 0.25) is 0 Å².